The van der Waals surface area contributed by atoms with E-state index in [1.54, 1.807) is 12.1 Å². The molecule has 0 amide bonds. The van der Waals surface area contributed by atoms with Crippen LogP contribution in [0.25, 0.3) is 0 Å². The summed E-state index contributed by atoms with van der Waals surface area (Å²) < 4.78 is 27.2. The molecule has 1 aromatic carbocycles. The molecule has 3 rings (SSSR count). The molecule has 0 aliphatic carbocycles. The third-order valence-electron chi connectivity index (χ3n) is 4.21. The van der Waals surface area contributed by atoms with Crippen molar-refractivity contribution in [1.29, 1.82) is 0 Å². The first-order chi connectivity index (χ1) is 10.8. The number of nitrogens with zero attached hydrogens (tertiary/aromatic N) is 3. The second kappa shape index (κ2) is 5.62. The first kappa shape index (κ1) is 16.0. The molecule has 1 aliphatic rings. The molecule has 0 bridgehead atoms. The molecule has 6 heteroatoms. The maximum absolute atomic E-state index is 12.8. The van der Waals surface area contributed by atoms with Gasteiger partial charge in [0, 0.05) is 32.9 Å². The molecule has 0 fully saturated rings. The van der Waals surface area contributed by atoms with Gasteiger partial charge in [0.25, 0.3) is 0 Å². The number of pyridine rings is 1. The molecule has 0 atom stereocenters. The highest BCUT2D eigenvalue weighted by Gasteiger charge is 2.32. The molecule has 0 saturated heterocycles. The van der Waals surface area contributed by atoms with Crippen LogP contribution in [-0.4, -0.2) is 31.8 Å². The summed E-state index contributed by atoms with van der Waals surface area (Å²) in [5, 5.41) is 0. The lowest BCUT2D eigenvalue weighted by Crippen LogP contribution is -2.25. The highest BCUT2D eigenvalue weighted by Crippen LogP contribution is 2.31. The van der Waals surface area contributed by atoms with Crippen molar-refractivity contribution in [3.63, 3.8) is 0 Å². The summed E-state index contributed by atoms with van der Waals surface area (Å²) in [6.07, 6.45) is 0. The summed E-state index contributed by atoms with van der Waals surface area (Å²) in [6.45, 7) is 4.67. The Kier molecular flexibility index (Phi) is 3.90. The molecule has 0 saturated carbocycles. The molecule has 0 spiro atoms. The monoisotopic (exact) mass is 331 g/mol. The molecule has 1 aromatic heterocycles. The lowest BCUT2D eigenvalue weighted by atomic mass is 10.1. The SMILES string of the molecule is Cc1ccc(S(=O)(=O)N2Cc3cc(N(C)C)nc(C)c3C2)cc1. The van der Waals surface area contributed by atoms with Crippen LogP contribution in [0.2, 0.25) is 0 Å². The predicted molar refractivity (Wildman–Crippen MR) is 90.9 cm³/mol. The Morgan fingerprint density at radius 3 is 2.35 bits per heavy atom. The number of sulfonamides is 1. The average Bonchev–Trinajstić information content (AvgIpc) is 2.93. The zero-order valence-electron chi connectivity index (χ0n) is 13.9. The van der Waals surface area contributed by atoms with Crippen LogP contribution < -0.4 is 4.90 Å². The molecule has 0 unspecified atom stereocenters. The molecule has 122 valence electrons. The van der Waals surface area contributed by atoms with Crippen LogP contribution in [0.5, 0.6) is 0 Å². The van der Waals surface area contributed by atoms with Crippen LogP contribution >= 0.6 is 0 Å². The molecule has 2 heterocycles. The second-order valence-corrected chi connectivity index (χ2v) is 8.12. The van der Waals surface area contributed by atoms with Crippen LogP contribution in [0, 0.1) is 13.8 Å². The van der Waals surface area contributed by atoms with Gasteiger partial charge >= 0.3 is 0 Å². The third-order valence-corrected chi connectivity index (χ3v) is 6.01. The van der Waals surface area contributed by atoms with E-state index in [2.05, 4.69) is 4.98 Å². The minimum absolute atomic E-state index is 0.342. The highest BCUT2D eigenvalue weighted by atomic mass is 32.2. The van der Waals surface area contributed by atoms with Gasteiger partial charge in [-0.15, -0.1) is 0 Å². The second-order valence-electron chi connectivity index (χ2n) is 6.18. The number of aryl methyl sites for hydroxylation is 2. The fourth-order valence-electron chi connectivity index (χ4n) is 2.78. The Labute approximate surface area is 137 Å². The van der Waals surface area contributed by atoms with E-state index in [1.807, 2.05) is 51.0 Å². The number of anilines is 1. The standard InChI is InChI=1S/C17H21N3O2S/c1-12-5-7-15(8-6-12)23(21,22)20-10-14-9-17(19(3)4)18-13(2)16(14)11-20/h5-9H,10-11H2,1-4H3. The van der Waals surface area contributed by atoms with Gasteiger partial charge in [-0.25, -0.2) is 13.4 Å². The molecule has 2 aromatic rings. The van der Waals surface area contributed by atoms with Gasteiger partial charge in [-0.2, -0.15) is 4.31 Å². The van der Waals surface area contributed by atoms with Crippen molar-refractivity contribution in [2.75, 3.05) is 19.0 Å². The van der Waals surface area contributed by atoms with Gasteiger partial charge in [0.2, 0.25) is 10.0 Å². The van der Waals surface area contributed by atoms with Crippen molar-refractivity contribution < 1.29 is 8.42 Å². The van der Waals surface area contributed by atoms with Gasteiger partial charge in [0.1, 0.15) is 5.82 Å². The fourth-order valence-corrected chi connectivity index (χ4v) is 4.17. The minimum Gasteiger partial charge on any atom is -0.363 e. The van der Waals surface area contributed by atoms with Gasteiger partial charge in [-0.1, -0.05) is 17.7 Å². The number of fused-ring (bicyclic) bond motifs is 1. The molecule has 23 heavy (non-hydrogen) atoms. The van der Waals surface area contributed by atoms with Crippen molar-refractivity contribution in [1.82, 2.24) is 9.29 Å². The number of benzene rings is 1. The van der Waals surface area contributed by atoms with Gasteiger partial charge in [-0.05, 0) is 43.2 Å². The number of rotatable bonds is 3. The van der Waals surface area contributed by atoms with E-state index in [0.29, 0.717) is 18.0 Å². The van der Waals surface area contributed by atoms with E-state index < -0.39 is 10.0 Å². The molecular formula is C17H21N3O2S. The lowest BCUT2D eigenvalue weighted by molar-refractivity contribution is 0.431. The van der Waals surface area contributed by atoms with Crippen LogP contribution in [0.15, 0.2) is 35.2 Å². The molecule has 0 radical (unpaired) electrons. The zero-order chi connectivity index (χ0) is 16.8. The summed E-state index contributed by atoms with van der Waals surface area (Å²) in [7, 11) is 0.388. The van der Waals surface area contributed by atoms with E-state index >= 15 is 0 Å². The zero-order valence-corrected chi connectivity index (χ0v) is 14.7. The van der Waals surface area contributed by atoms with E-state index in [9.17, 15) is 8.42 Å². The maximum atomic E-state index is 12.8. The van der Waals surface area contributed by atoms with Crippen molar-refractivity contribution >= 4 is 15.8 Å². The number of hydrogen-bond donors (Lipinski definition) is 0. The first-order valence-corrected chi connectivity index (χ1v) is 8.96. The Morgan fingerprint density at radius 2 is 1.74 bits per heavy atom. The Hall–Kier alpha value is -1.92. The van der Waals surface area contributed by atoms with E-state index in [0.717, 1.165) is 28.2 Å². The summed E-state index contributed by atoms with van der Waals surface area (Å²) in [5.41, 5.74) is 4.00. The Balaban J connectivity index is 1.95. The molecule has 0 N–H and O–H groups in total. The smallest absolute Gasteiger partial charge is 0.243 e. The van der Waals surface area contributed by atoms with E-state index in [-0.39, 0.29) is 0 Å². The largest absolute Gasteiger partial charge is 0.363 e. The van der Waals surface area contributed by atoms with Crippen LogP contribution in [0.1, 0.15) is 22.4 Å². The fraction of sp³-hybridized carbons (Fsp3) is 0.353. The van der Waals surface area contributed by atoms with Crippen molar-refractivity contribution in [2.45, 2.75) is 31.8 Å². The van der Waals surface area contributed by atoms with Crippen LogP contribution in [0.3, 0.4) is 0 Å². The summed E-state index contributed by atoms with van der Waals surface area (Å²) in [6, 6.07) is 8.97. The maximum Gasteiger partial charge on any atom is 0.243 e. The van der Waals surface area contributed by atoms with E-state index in [1.165, 1.54) is 4.31 Å². The Morgan fingerprint density at radius 1 is 1.09 bits per heavy atom. The Bertz CT molecular complexity index is 843. The van der Waals surface area contributed by atoms with Gasteiger partial charge < -0.3 is 4.90 Å². The highest BCUT2D eigenvalue weighted by molar-refractivity contribution is 7.89. The average molecular weight is 331 g/mol. The molecule has 1 aliphatic heterocycles. The predicted octanol–water partition coefficient (Wildman–Crippen LogP) is 2.47. The summed E-state index contributed by atoms with van der Waals surface area (Å²) in [4.78, 5) is 6.83. The van der Waals surface area contributed by atoms with Crippen molar-refractivity contribution in [3.05, 3.63) is 52.7 Å². The number of aromatic nitrogens is 1. The molecular weight excluding hydrogens is 310 g/mol. The van der Waals surface area contributed by atoms with Crippen molar-refractivity contribution in [2.24, 2.45) is 0 Å². The van der Waals surface area contributed by atoms with Gasteiger partial charge in [0.15, 0.2) is 0 Å². The summed E-state index contributed by atoms with van der Waals surface area (Å²) in [5.74, 6) is 0.857. The van der Waals surface area contributed by atoms with Gasteiger partial charge in [0.05, 0.1) is 4.90 Å². The third kappa shape index (κ3) is 2.84. The van der Waals surface area contributed by atoms with Crippen molar-refractivity contribution in [3.8, 4) is 0 Å². The topological polar surface area (TPSA) is 53.5 Å². The first-order valence-electron chi connectivity index (χ1n) is 7.52. The van der Waals surface area contributed by atoms with Crippen LogP contribution in [-0.2, 0) is 23.1 Å². The number of hydrogen-bond acceptors (Lipinski definition) is 4. The minimum atomic E-state index is -3.48. The summed E-state index contributed by atoms with van der Waals surface area (Å²) >= 11 is 0. The quantitative estimate of drug-likeness (QED) is 0.867. The lowest BCUT2D eigenvalue weighted by Gasteiger charge is -2.15. The van der Waals surface area contributed by atoms with E-state index in [4.69, 9.17) is 0 Å². The normalized spacial score (nSPS) is 14.8. The van der Waals surface area contributed by atoms with Crippen LogP contribution in [0.4, 0.5) is 5.82 Å². The van der Waals surface area contributed by atoms with Gasteiger partial charge in [-0.3, -0.25) is 0 Å². The molecule has 5 nitrogen and oxygen atoms in total.